The molecule has 0 spiro atoms. The van der Waals surface area contributed by atoms with E-state index in [0.717, 1.165) is 35.7 Å². The van der Waals surface area contributed by atoms with Crippen LogP contribution in [0.2, 0.25) is 0 Å². The zero-order valence-corrected chi connectivity index (χ0v) is 14.1. The second kappa shape index (κ2) is 7.34. The van der Waals surface area contributed by atoms with Gasteiger partial charge in [-0.1, -0.05) is 25.1 Å². The fourth-order valence-corrected chi connectivity index (χ4v) is 3.08. The smallest absolute Gasteiger partial charge is 0.246 e. The Kier molecular flexibility index (Phi) is 4.97. The molecule has 130 valence electrons. The number of hydrogen-bond donors (Lipinski definition) is 3. The summed E-state index contributed by atoms with van der Waals surface area (Å²) in [7, 11) is 0. The number of carbonyl (C=O) groups is 3. The summed E-state index contributed by atoms with van der Waals surface area (Å²) >= 11 is 0. The second-order valence-electron chi connectivity index (χ2n) is 6.12. The number of carbonyl (C=O) groups excluding carboxylic acids is 3. The van der Waals surface area contributed by atoms with Crippen LogP contribution < -0.4 is 16.0 Å². The van der Waals surface area contributed by atoms with Crippen LogP contribution in [0.5, 0.6) is 0 Å². The minimum absolute atomic E-state index is 0.104. The van der Waals surface area contributed by atoms with E-state index in [1.165, 1.54) is 0 Å². The average molecular weight is 339 g/mol. The van der Waals surface area contributed by atoms with Gasteiger partial charge in [-0.25, -0.2) is 0 Å². The summed E-state index contributed by atoms with van der Waals surface area (Å²) in [5, 5.41) is 10.5. The van der Waals surface area contributed by atoms with Crippen molar-refractivity contribution < 1.29 is 14.4 Å². The quantitative estimate of drug-likeness (QED) is 0.706. The topological polar surface area (TPSA) is 87.3 Å². The third-order valence-electron chi connectivity index (χ3n) is 4.33. The lowest BCUT2D eigenvalue weighted by Crippen LogP contribution is -2.37. The Morgan fingerprint density at radius 3 is 2.76 bits per heavy atom. The first kappa shape index (κ1) is 17.0. The van der Waals surface area contributed by atoms with E-state index in [1.807, 2.05) is 18.2 Å². The summed E-state index contributed by atoms with van der Waals surface area (Å²) in [6.45, 7) is 2.86. The van der Waals surface area contributed by atoms with Crippen LogP contribution in [0.15, 0.2) is 30.3 Å². The van der Waals surface area contributed by atoms with Gasteiger partial charge in [0.1, 0.15) is 6.04 Å². The minimum atomic E-state index is -0.505. The lowest BCUT2D eigenvalue weighted by molar-refractivity contribution is -0.122. The molecule has 0 bridgehead atoms. The Labute approximate surface area is 146 Å². The molecule has 2 amide bonds. The molecule has 0 aliphatic carbocycles. The van der Waals surface area contributed by atoms with Crippen LogP contribution in [0.1, 0.15) is 36.5 Å². The van der Waals surface area contributed by atoms with Gasteiger partial charge < -0.3 is 16.0 Å². The normalized spacial score (nSPS) is 16.5. The molecule has 2 aromatic carbocycles. The standard InChI is InChI=1S/C19H21N3O3/c1-2-10-20-15-7-6-14(13-5-3-4-12(11-23)18(13)15)22-19(25)16-8-9-17(24)21-16/h3-7,11,16,20H,2,8-10H2,1H3,(H,21,24)(H,22,25). The molecule has 6 nitrogen and oxygen atoms in total. The number of benzene rings is 2. The highest BCUT2D eigenvalue weighted by Crippen LogP contribution is 2.32. The summed E-state index contributed by atoms with van der Waals surface area (Å²) in [6, 6.07) is 8.62. The monoisotopic (exact) mass is 339 g/mol. The van der Waals surface area contributed by atoms with Crippen LogP contribution >= 0.6 is 0 Å². The number of aldehydes is 1. The fraction of sp³-hybridized carbons (Fsp3) is 0.316. The highest BCUT2D eigenvalue weighted by molar-refractivity contribution is 6.13. The van der Waals surface area contributed by atoms with Crippen LogP contribution in [0.3, 0.4) is 0 Å². The van der Waals surface area contributed by atoms with Crippen molar-refractivity contribution >= 4 is 40.2 Å². The molecule has 3 N–H and O–H groups in total. The van der Waals surface area contributed by atoms with Gasteiger partial charge in [0.2, 0.25) is 11.8 Å². The van der Waals surface area contributed by atoms with E-state index < -0.39 is 6.04 Å². The van der Waals surface area contributed by atoms with Crippen molar-refractivity contribution in [3.63, 3.8) is 0 Å². The molecule has 0 radical (unpaired) electrons. The van der Waals surface area contributed by atoms with Crippen molar-refractivity contribution in [1.29, 1.82) is 0 Å². The van der Waals surface area contributed by atoms with Gasteiger partial charge in [0.05, 0.1) is 0 Å². The zero-order valence-electron chi connectivity index (χ0n) is 14.1. The van der Waals surface area contributed by atoms with Gasteiger partial charge in [0, 0.05) is 40.7 Å². The molecular formula is C19H21N3O3. The van der Waals surface area contributed by atoms with Crippen LogP contribution in [0.25, 0.3) is 10.8 Å². The van der Waals surface area contributed by atoms with Crippen molar-refractivity contribution in [2.24, 2.45) is 0 Å². The molecule has 1 aliphatic heterocycles. The highest BCUT2D eigenvalue weighted by Gasteiger charge is 2.27. The summed E-state index contributed by atoms with van der Waals surface area (Å²) in [5.41, 5.74) is 2.07. The molecule has 6 heteroatoms. The zero-order chi connectivity index (χ0) is 17.8. The van der Waals surface area contributed by atoms with Crippen molar-refractivity contribution in [1.82, 2.24) is 5.32 Å². The molecule has 1 unspecified atom stereocenters. The first-order valence-electron chi connectivity index (χ1n) is 8.49. The first-order chi connectivity index (χ1) is 12.1. The predicted octanol–water partition coefficient (Wildman–Crippen LogP) is 2.69. The maximum Gasteiger partial charge on any atom is 0.246 e. The third kappa shape index (κ3) is 3.47. The number of hydrogen-bond acceptors (Lipinski definition) is 4. The van der Waals surface area contributed by atoms with Gasteiger partial charge in [-0.05, 0) is 25.0 Å². The summed E-state index contributed by atoms with van der Waals surface area (Å²) in [5.74, 6) is -0.342. The maximum atomic E-state index is 12.4. The molecule has 25 heavy (non-hydrogen) atoms. The molecule has 0 saturated carbocycles. The van der Waals surface area contributed by atoms with E-state index in [0.29, 0.717) is 24.1 Å². The van der Waals surface area contributed by atoms with Crippen LogP contribution in [0.4, 0.5) is 11.4 Å². The summed E-state index contributed by atoms with van der Waals surface area (Å²) < 4.78 is 0. The number of nitrogens with one attached hydrogen (secondary N) is 3. The first-order valence-corrected chi connectivity index (χ1v) is 8.49. The van der Waals surface area contributed by atoms with E-state index in [9.17, 15) is 14.4 Å². The number of anilines is 2. The Morgan fingerprint density at radius 1 is 1.28 bits per heavy atom. The van der Waals surface area contributed by atoms with Gasteiger partial charge in [-0.3, -0.25) is 14.4 Å². The largest absolute Gasteiger partial charge is 0.385 e. The Balaban J connectivity index is 1.97. The van der Waals surface area contributed by atoms with E-state index >= 15 is 0 Å². The Bertz CT molecular complexity index is 832. The van der Waals surface area contributed by atoms with Crippen LogP contribution in [-0.4, -0.2) is 30.7 Å². The van der Waals surface area contributed by atoms with Crippen molar-refractivity contribution in [2.45, 2.75) is 32.2 Å². The molecule has 3 rings (SSSR count). The average Bonchev–Trinajstić information content (AvgIpc) is 3.07. The number of rotatable bonds is 6. The van der Waals surface area contributed by atoms with E-state index in [1.54, 1.807) is 12.1 Å². The van der Waals surface area contributed by atoms with Crippen LogP contribution in [0, 0.1) is 0 Å². The van der Waals surface area contributed by atoms with Gasteiger partial charge in [0.15, 0.2) is 6.29 Å². The lowest BCUT2D eigenvalue weighted by Gasteiger charge is -2.16. The predicted molar refractivity (Wildman–Crippen MR) is 97.9 cm³/mol. The van der Waals surface area contributed by atoms with Gasteiger partial charge in [-0.2, -0.15) is 0 Å². The number of fused-ring (bicyclic) bond motifs is 1. The maximum absolute atomic E-state index is 12.4. The highest BCUT2D eigenvalue weighted by atomic mass is 16.2. The third-order valence-corrected chi connectivity index (χ3v) is 4.33. The lowest BCUT2D eigenvalue weighted by atomic mass is 10.0. The molecule has 1 atom stereocenters. The molecule has 1 fully saturated rings. The van der Waals surface area contributed by atoms with Gasteiger partial charge >= 0.3 is 0 Å². The van der Waals surface area contributed by atoms with Gasteiger partial charge in [-0.15, -0.1) is 0 Å². The minimum Gasteiger partial charge on any atom is -0.385 e. The Morgan fingerprint density at radius 2 is 2.08 bits per heavy atom. The molecular weight excluding hydrogens is 318 g/mol. The van der Waals surface area contributed by atoms with E-state index in [2.05, 4.69) is 22.9 Å². The number of amides is 2. The molecule has 0 aromatic heterocycles. The fourth-order valence-electron chi connectivity index (χ4n) is 3.08. The summed E-state index contributed by atoms with van der Waals surface area (Å²) in [4.78, 5) is 35.2. The van der Waals surface area contributed by atoms with Gasteiger partial charge in [0.25, 0.3) is 0 Å². The van der Waals surface area contributed by atoms with Crippen molar-refractivity contribution in [3.05, 3.63) is 35.9 Å². The Hall–Kier alpha value is -2.89. The van der Waals surface area contributed by atoms with E-state index in [-0.39, 0.29) is 11.8 Å². The SMILES string of the molecule is CCCNc1ccc(NC(=O)C2CCC(=O)N2)c2cccc(C=O)c12. The molecule has 1 saturated heterocycles. The molecule has 1 heterocycles. The van der Waals surface area contributed by atoms with Crippen LogP contribution in [-0.2, 0) is 9.59 Å². The van der Waals surface area contributed by atoms with Crippen molar-refractivity contribution in [2.75, 3.05) is 17.2 Å². The molecule has 1 aliphatic rings. The van der Waals surface area contributed by atoms with Crippen molar-refractivity contribution in [3.8, 4) is 0 Å². The summed E-state index contributed by atoms with van der Waals surface area (Å²) in [6.07, 6.45) is 2.65. The second-order valence-corrected chi connectivity index (χ2v) is 6.12. The van der Waals surface area contributed by atoms with E-state index in [4.69, 9.17) is 0 Å². The molecule has 2 aromatic rings.